The minimum atomic E-state index is -4.39. The number of nitrogens with one attached hydrogen (secondary N) is 1. The van der Waals surface area contributed by atoms with Crippen molar-refractivity contribution < 1.29 is 22.7 Å². The lowest BCUT2D eigenvalue weighted by molar-refractivity contribution is -0.217. The van der Waals surface area contributed by atoms with E-state index in [-0.39, 0.29) is 6.61 Å². The first-order valence-corrected chi connectivity index (χ1v) is 5.86. The van der Waals surface area contributed by atoms with E-state index < -0.39 is 18.2 Å². The molecule has 0 bridgehead atoms. The smallest absolute Gasteiger partial charge is 0.364 e. The number of carbonyl (C=O) groups excluding carboxylic acids is 1. The summed E-state index contributed by atoms with van der Waals surface area (Å²) in [5.74, 6) is 4.50. The molecular weight excluding hydrogens is 269 g/mol. The average molecular weight is 282 g/mol. The number of nitrogens with two attached hydrogens (primary N) is 1. The first kappa shape index (κ1) is 14.9. The highest BCUT2D eigenvalue weighted by Crippen LogP contribution is 2.26. The van der Waals surface area contributed by atoms with Gasteiger partial charge in [0.1, 0.15) is 0 Å². The highest BCUT2D eigenvalue weighted by molar-refractivity contribution is 7.14. The largest absolute Gasteiger partial charge is 0.414 e. The zero-order valence-corrected chi connectivity index (χ0v) is 10.6. The molecule has 0 saturated carbocycles. The lowest BCUT2D eigenvalue weighted by Gasteiger charge is -2.16. The predicted molar refractivity (Wildman–Crippen MR) is 61.0 cm³/mol. The van der Waals surface area contributed by atoms with Crippen LogP contribution < -0.4 is 11.3 Å². The molecule has 0 aliphatic rings. The van der Waals surface area contributed by atoms with Crippen molar-refractivity contribution in [2.75, 3.05) is 0 Å². The number of carbonyl (C=O) groups is 1. The zero-order chi connectivity index (χ0) is 13.9. The summed E-state index contributed by atoms with van der Waals surface area (Å²) < 4.78 is 41.4. The number of hydrogen-bond donors (Lipinski definition) is 2. The van der Waals surface area contributed by atoms with Crippen molar-refractivity contribution in [3.05, 3.63) is 21.4 Å². The van der Waals surface area contributed by atoms with Gasteiger partial charge in [-0.05, 0) is 25.5 Å². The quantitative estimate of drug-likeness (QED) is 0.505. The molecule has 18 heavy (non-hydrogen) atoms. The average Bonchev–Trinajstić information content (AvgIpc) is 2.65. The van der Waals surface area contributed by atoms with Crippen molar-refractivity contribution in [3.63, 3.8) is 0 Å². The van der Waals surface area contributed by atoms with Gasteiger partial charge in [-0.3, -0.25) is 10.2 Å². The number of amides is 1. The predicted octanol–water partition coefficient (Wildman–Crippen LogP) is 2.13. The Labute approximate surface area is 106 Å². The molecule has 0 aliphatic carbocycles. The Morgan fingerprint density at radius 1 is 1.61 bits per heavy atom. The van der Waals surface area contributed by atoms with Crippen LogP contribution in [0.25, 0.3) is 0 Å². The minimum Gasteiger partial charge on any atom is -0.364 e. The summed E-state index contributed by atoms with van der Waals surface area (Å²) >= 11 is 1.15. The van der Waals surface area contributed by atoms with Crippen LogP contribution in [0, 0.1) is 6.92 Å². The summed E-state index contributed by atoms with van der Waals surface area (Å²) in [4.78, 5) is 12.3. The lowest BCUT2D eigenvalue weighted by atomic mass is 10.2. The fraction of sp³-hybridized carbons (Fsp3) is 0.500. The van der Waals surface area contributed by atoms with Crippen LogP contribution in [0.4, 0.5) is 13.2 Å². The Balaban J connectivity index is 2.69. The Kier molecular flexibility index (Phi) is 4.71. The monoisotopic (exact) mass is 282 g/mol. The second kappa shape index (κ2) is 5.68. The second-order valence-corrected chi connectivity index (χ2v) is 4.92. The van der Waals surface area contributed by atoms with Gasteiger partial charge in [0.05, 0.1) is 11.5 Å². The number of rotatable bonds is 4. The zero-order valence-electron chi connectivity index (χ0n) is 9.80. The van der Waals surface area contributed by atoms with Crippen molar-refractivity contribution in [1.29, 1.82) is 0 Å². The van der Waals surface area contributed by atoms with Gasteiger partial charge in [-0.25, -0.2) is 5.84 Å². The molecule has 0 radical (unpaired) electrons. The highest BCUT2D eigenvalue weighted by Gasteiger charge is 2.36. The third-order valence-corrected chi connectivity index (χ3v) is 3.42. The van der Waals surface area contributed by atoms with Crippen molar-refractivity contribution in [2.24, 2.45) is 5.84 Å². The second-order valence-electron chi connectivity index (χ2n) is 3.66. The number of hydrazine groups is 1. The van der Waals surface area contributed by atoms with Gasteiger partial charge in [0, 0.05) is 4.88 Å². The molecule has 3 N–H and O–H groups in total. The topological polar surface area (TPSA) is 64.4 Å². The molecule has 0 fully saturated rings. The number of hydrogen-bond acceptors (Lipinski definition) is 4. The highest BCUT2D eigenvalue weighted by atomic mass is 32.1. The van der Waals surface area contributed by atoms with Crippen LogP contribution in [0.3, 0.4) is 0 Å². The van der Waals surface area contributed by atoms with Gasteiger partial charge in [0.25, 0.3) is 5.91 Å². The van der Waals surface area contributed by atoms with Gasteiger partial charge in [0.15, 0.2) is 6.10 Å². The first-order valence-electron chi connectivity index (χ1n) is 5.04. The van der Waals surface area contributed by atoms with Crippen LogP contribution in [0.5, 0.6) is 0 Å². The molecule has 1 rings (SSSR count). The van der Waals surface area contributed by atoms with Gasteiger partial charge < -0.3 is 4.74 Å². The molecule has 8 heteroatoms. The van der Waals surface area contributed by atoms with E-state index in [1.165, 1.54) is 6.07 Å². The van der Waals surface area contributed by atoms with E-state index in [2.05, 4.69) is 0 Å². The van der Waals surface area contributed by atoms with Gasteiger partial charge in [-0.15, -0.1) is 11.3 Å². The maximum Gasteiger partial charge on any atom is 0.414 e. The number of halogens is 3. The molecule has 0 spiro atoms. The summed E-state index contributed by atoms with van der Waals surface area (Å²) in [6.07, 6.45) is -6.23. The molecule has 1 atom stereocenters. The molecule has 1 aromatic rings. The van der Waals surface area contributed by atoms with E-state index in [9.17, 15) is 18.0 Å². The maximum absolute atomic E-state index is 12.2. The van der Waals surface area contributed by atoms with E-state index in [4.69, 9.17) is 10.6 Å². The standard InChI is InChI=1S/C10H13F3N2O2S/c1-5-7(3-8(18-5)9(16)15-14)4-17-6(2)10(11,12)13/h3,6H,4,14H2,1-2H3,(H,15,16). The first-order chi connectivity index (χ1) is 8.25. The lowest BCUT2D eigenvalue weighted by Crippen LogP contribution is -2.29. The molecule has 0 aromatic carbocycles. The summed E-state index contributed by atoms with van der Waals surface area (Å²) in [5, 5.41) is 0. The maximum atomic E-state index is 12.2. The van der Waals surface area contributed by atoms with Gasteiger partial charge in [0.2, 0.25) is 0 Å². The van der Waals surface area contributed by atoms with E-state index in [1.54, 1.807) is 6.92 Å². The molecule has 1 heterocycles. The van der Waals surface area contributed by atoms with Crippen molar-refractivity contribution in [3.8, 4) is 0 Å². The summed E-state index contributed by atoms with van der Waals surface area (Å²) in [6.45, 7) is 2.45. The van der Waals surface area contributed by atoms with Crippen LogP contribution in [-0.2, 0) is 11.3 Å². The van der Waals surface area contributed by atoms with Crippen LogP contribution in [0.1, 0.15) is 27.0 Å². The normalized spacial score (nSPS) is 13.4. The number of ether oxygens (including phenoxy) is 1. The molecule has 0 aliphatic heterocycles. The SMILES string of the molecule is Cc1sc(C(=O)NN)cc1COC(C)C(F)(F)F. The Hall–Kier alpha value is -1.12. The third-order valence-electron chi connectivity index (χ3n) is 2.33. The van der Waals surface area contributed by atoms with Crippen LogP contribution in [-0.4, -0.2) is 18.2 Å². The van der Waals surface area contributed by atoms with Crippen LogP contribution in [0.15, 0.2) is 6.07 Å². The molecule has 4 nitrogen and oxygen atoms in total. The van der Waals surface area contributed by atoms with E-state index >= 15 is 0 Å². The number of aryl methyl sites for hydroxylation is 1. The van der Waals surface area contributed by atoms with Gasteiger partial charge in [-0.1, -0.05) is 0 Å². The van der Waals surface area contributed by atoms with E-state index in [1.807, 2.05) is 5.43 Å². The number of thiophene rings is 1. The van der Waals surface area contributed by atoms with E-state index in [0.717, 1.165) is 23.1 Å². The molecule has 0 saturated heterocycles. The summed E-state index contributed by atoms with van der Waals surface area (Å²) in [5.41, 5.74) is 2.51. The van der Waals surface area contributed by atoms with Gasteiger partial charge in [-0.2, -0.15) is 13.2 Å². The minimum absolute atomic E-state index is 0.194. The van der Waals surface area contributed by atoms with Crippen LogP contribution >= 0.6 is 11.3 Å². The molecular formula is C10H13F3N2O2S. The molecule has 1 aromatic heterocycles. The van der Waals surface area contributed by atoms with Crippen molar-refractivity contribution in [1.82, 2.24) is 5.43 Å². The van der Waals surface area contributed by atoms with Crippen LogP contribution in [0.2, 0.25) is 0 Å². The molecule has 102 valence electrons. The Bertz CT molecular complexity index is 431. The summed E-state index contributed by atoms with van der Waals surface area (Å²) in [6, 6.07) is 1.48. The number of alkyl halides is 3. The third kappa shape index (κ3) is 3.69. The van der Waals surface area contributed by atoms with Crippen molar-refractivity contribution >= 4 is 17.2 Å². The van der Waals surface area contributed by atoms with Gasteiger partial charge >= 0.3 is 6.18 Å². The Morgan fingerprint density at radius 3 is 2.72 bits per heavy atom. The molecule has 1 amide bonds. The Morgan fingerprint density at radius 2 is 2.22 bits per heavy atom. The fourth-order valence-corrected chi connectivity index (χ4v) is 2.09. The fourth-order valence-electron chi connectivity index (χ4n) is 1.16. The number of nitrogen functional groups attached to an aromatic ring is 1. The van der Waals surface area contributed by atoms with Crippen molar-refractivity contribution in [2.45, 2.75) is 32.7 Å². The summed E-state index contributed by atoms with van der Waals surface area (Å²) in [7, 11) is 0. The van der Waals surface area contributed by atoms with E-state index in [0.29, 0.717) is 10.4 Å². The molecule has 1 unspecified atom stereocenters.